The molecular formula is C34H32F3N5O2. The lowest BCUT2D eigenvalue weighted by Crippen LogP contribution is -2.26. The van der Waals surface area contributed by atoms with Crippen molar-refractivity contribution in [3.63, 3.8) is 0 Å². The highest BCUT2D eigenvalue weighted by Gasteiger charge is 2.33. The maximum Gasteiger partial charge on any atom is 0.432 e. The number of alkyl halides is 3. The molecule has 4 N–H and O–H groups in total. The fraction of sp³-hybridized carbons (Fsp3) is 0.265. The summed E-state index contributed by atoms with van der Waals surface area (Å²) in [5, 5.41) is 25.7. The van der Waals surface area contributed by atoms with Gasteiger partial charge < -0.3 is 20.7 Å². The Morgan fingerprint density at radius 1 is 1.05 bits per heavy atom. The SMILES string of the molecule is COC1=Cc2ccc(C(NCC3CC3)c3cccc(NC(=O)/C(=C/C(=N)C(F)(F)F)Nc4cccc(C#N)c4)c3)cc2CC1. The third kappa shape index (κ3) is 7.74. The zero-order valence-corrected chi connectivity index (χ0v) is 24.1. The molecular weight excluding hydrogens is 567 g/mol. The average Bonchev–Trinajstić information content (AvgIpc) is 3.85. The smallest absolute Gasteiger partial charge is 0.432 e. The Kier molecular flexibility index (Phi) is 9.16. The van der Waals surface area contributed by atoms with Crippen molar-refractivity contribution < 1.29 is 22.7 Å². The van der Waals surface area contributed by atoms with Gasteiger partial charge in [0.15, 0.2) is 0 Å². The quantitative estimate of drug-likeness (QED) is 0.139. The van der Waals surface area contributed by atoms with Gasteiger partial charge in [0.1, 0.15) is 11.4 Å². The number of allylic oxidation sites excluding steroid dienone is 2. The van der Waals surface area contributed by atoms with Crippen molar-refractivity contribution in [2.24, 2.45) is 5.92 Å². The first-order valence-corrected chi connectivity index (χ1v) is 14.3. The van der Waals surface area contributed by atoms with E-state index in [-0.39, 0.29) is 17.3 Å². The summed E-state index contributed by atoms with van der Waals surface area (Å²) in [6.07, 6.45) is 1.59. The van der Waals surface area contributed by atoms with E-state index < -0.39 is 23.5 Å². The highest BCUT2D eigenvalue weighted by Crippen LogP contribution is 2.33. The van der Waals surface area contributed by atoms with Gasteiger partial charge in [-0.3, -0.25) is 10.2 Å². The summed E-state index contributed by atoms with van der Waals surface area (Å²) in [6.45, 7) is 0.837. The number of fused-ring (bicyclic) bond motifs is 1. The van der Waals surface area contributed by atoms with Crippen molar-refractivity contribution in [3.8, 4) is 6.07 Å². The van der Waals surface area contributed by atoms with Crippen molar-refractivity contribution in [2.75, 3.05) is 24.3 Å². The van der Waals surface area contributed by atoms with Gasteiger partial charge in [0.05, 0.1) is 30.5 Å². The van der Waals surface area contributed by atoms with Crippen molar-refractivity contribution in [1.29, 1.82) is 10.7 Å². The summed E-state index contributed by atoms with van der Waals surface area (Å²) in [5.41, 5.74) is 2.99. The van der Waals surface area contributed by atoms with E-state index in [1.165, 1.54) is 42.7 Å². The van der Waals surface area contributed by atoms with Crippen LogP contribution in [0.25, 0.3) is 6.08 Å². The molecule has 1 fully saturated rings. The Morgan fingerprint density at radius 3 is 2.48 bits per heavy atom. The number of nitriles is 1. The topological polar surface area (TPSA) is 110 Å². The Labute approximate surface area is 253 Å². The molecule has 0 aromatic heterocycles. The van der Waals surface area contributed by atoms with Crippen LogP contribution >= 0.6 is 0 Å². The van der Waals surface area contributed by atoms with E-state index >= 15 is 0 Å². The predicted molar refractivity (Wildman–Crippen MR) is 164 cm³/mol. The molecule has 1 saturated carbocycles. The molecule has 0 heterocycles. The first-order valence-electron chi connectivity index (χ1n) is 14.3. The second kappa shape index (κ2) is 13.2. The molecule has 1 atom stereocenters. The number of rotatable bonds is 11. The van der Waals surface area contributed by atoms with Gasteiger partial charge in [-0.15, -0.1) is 0 Å². The molecule has 2 aliphatic carbocycles. The minimum absolute atomic E-state index is 0.175. The van der Waals surface area contributed by atoms with Crippen LogP contribution in [0.5, 0.6) is 0 Å². The van der Waals surface area contributed by atoms with Gasteiger partial charge in [0.25, 0.3) is 5.91 Å². The van der Waals surface area contributed by atoms with Gasteiger partial charge in [-0.1, -0.05) is 36.4 Å². The number of nitrogens with zero attached hydrogens (tertiary/aromatic N) is 1. The summed E-state index contributed by atoms with van der Waals surface area (Å²) in [5.74, 6) is 0.700. The molecule has 3 aromatic carbocycles. The van der Waals surface area contributed by atoms with Crippen LogP contribution in [0.2, 0.25) is 0 Å². The molecule has 0 radical (unpaired) electrons. The van der Waals surface area contributed by atoms with Gasteiger partial charge in [-0.25, -0.2) is 0 Å². The Bertz CT molecular complexity index is 1670. The van der Waals surface area contributed by atoms with Crippen LogP contribution in [0.1, 0.15) is 53.1 Å². The largest absolute Gasteiger partial charge is 0.501 e. The molecule has 5 rings (SSSR count). The number of ether oxygens (including phenoxy) is 1. The van der Waals surface area contributed by atoms with Crippen LogP contribution in [0.15, 0.2) is 84.3 Å². The van der Waals surface area contributed by atoms with Crippen molar-refractivity contribution in [2.45, 2.75) is 37.9 Å². The molecule has 10 heteroatoms. The number of aryl methyl sites for hydroxylation is 1. The number of amides is 1. The second-order valence-corrected chi connectivity index (χ2v) is 10.9. The number of halogens is 3. The van der Waals surface area contributed by atoms with E-state index in [0.29, 0.717) is 17.7 Å². The fourth-order valence-electron chi connectivity index (χ4n) is 5.06. The monoisotopic (exact) mass is 599 g/mol. The molecule has 0 aliphatic heterocycles. The van der Waals surface area contributed by atoms with E-state index in [9.17, 15) is 23.2 Å². The number of carbonyl (C=O) groups is 1. The van der Waals surface area contributed by atoms with E-state index in [2.05, 4.69) is 40.2 Å². The molecule has 0 bridgehead atoms. The second-order valence-electron chi connectivity index (χ2n) is 10.9. The third-order valence-corrected chi connectivity index (χ3v) is 7.61. The number of anilines is 2. The van der Waals surface area contributed by atoms with E-state index in [1.54, 1.807) is 25.3 Å². The van der Waals surface area contributed by atoms with E-state index in [4.69, 9.17) is 10.1 Å². The van der Waals surface area contributed by atoms with Crippen LogP contribution in [-0.2, 0) is 16.0 Å². The van der Waals surface area contributed by atoms with Crippen LogP contribution in [0.4, 0.5) is 24.5 Å². The molecule has 0 saturated heterocycles. The van der Waals surface area contributed by atoms with Crippen LogP contribution < -0.4 is 16.0 Å². The lowest BCUT2D eigenvalue weighted by Gasteiger charge is -2.23. The minimum atomic E-state index is -4.95. The lowest BCUT2D eigenvalue weighted by molar-refractivity contribution is -0.112. The first-order chi connectivity index (χ1) is 21.1. The number of methoxy groups -OCH3 is 1. The van der Waals surface area contributed by atoms with Crippen LogP contribution in [0, 0.1) is 22.7 Å². The van der Waals surface area contributed by atoms with Gasteiger partial charge in [-0.2, -0.15) is 18.4 Å². The standard InChI is InChI=1S/C34H32F3N5O2/c1-44-29-13-12-23-15-26(11-10-24(23)17-29)32(40-20-21-8-9-21)25-5-3-7-28(16-25)42-33(43)30(18-31(39)34(35,36)37)41-27-6-2-4-22(14-27)19-38/h2-7,10-11,14-18,21,32,39-41H,8-9,12-13,20H2,1H3,(H,42,43)/b30-18-,39-31?. The number of hydrogen-bond acceptors (Lipinski definition) is 6. The predicted octanol–water partition coefficient (Wildman–Crippen LogP) is 7.10. The first kappa shape index (κ1) is 30.6. The number of hydrogen-bond donors (Lipinski definition) is 4. The summed E-state index contributed by atoms with van der Waals surface area (Å²) < 4.78 is 45.2. The number of nitrogens with one attached hydrogen (secondary N) is 4. The molecule has 0 spiro atoms. The highest BCUT2D eigenvalue weighted by atomic mass is 19.4. The molecule has 44 heavy (non-hydrogen) atoms. The summed E-state index contributed by atoms with van der Waals surface area (Å²) >= 11 is 0. The highest BCUT2D eigenvalue weighted by molar-refractivity contribution is 6.11. The van der Waals surface area contributed by atoms with Crippen molar-refractivity contribution in [3.05, 3.63) is 112 Å². The fourth-order valence-corrected chi connectivity index (χ4v) is 5.06. The normalized spacial score (nSPS) is 15.3. The van der Waals surface area contributed by atoms with Gasteiger partial charge >= 0.3 is 6.18 Å². The molecule has 1 unspecified atom stereocenters. The summed E-state index contributed by atoms with van der Waals surface area (Å²) in [4.78, 5) is 13.3. The maximum atomic E-state index is 13.3. The minimum Gasteiger partial charge on any atom is -0.501 e. The van der Waals surface area contributed by atoms with Crippen molar-refractivity contribution >= 4 is 29.1 Å². The van der Waals surface area contributed by atoms with Crippen LogP contribution in [0.3, 0.4) is 0 Å². The van der Waals surface area contributed by atoms with Crippen LogP contribution in [-0.4, -0.2) is 31.4 Å². The van der Waals surface area contributed by atoms with Crippen molar-refractivity contribution in [1.82, 2.24) is 5.32 Å². The van der Waals surface area contributed by atoms with E-state index in [1.807, 2.05) is 12.1 Å². The molecule has 3 aromatic rings. The lowest BCUT2D eigenvalue weighted by atomic mass is 9.90. The zero-order valence-electron chi connectivity index (χ0n) is 24.1. The molecule has 1 amide bonds. The van der Waals surface area contributed by atoms with Gasteiger partial charge in [-0.05, 0) is 96.5 Å². The summed E-state index contributed by atoms with van der Waals surface area (Å²) in [6, 6.07) is 21.3. The Balaban J connectivity index is 1.42. The van der Waals surface area contributed by atoms with Gasteiger partial charge in [0, 0.05) is 17.8 Å². The molecule has 226 valence electrons. The zero-order chi connectivity index (χ0) is 31.3. The number of carbonyl (C=O) groups excluding carboxylic acids is 1. The summed E-state index contributed by atoms with van der Waals surface area (Å²) in [7, 11) is 1.68. The average molecular weight is 600 g/mol. The van der Waals surface area contributed by atoms with E-state index in [0.717, 1.165) is 41.8 Å². The molecule has 2 aliphatic rings. The Morgan fingerprint density at radius 2 is 1.77 bits per heavy atom. The molecule has 7 nitrogen and oxygen atoms in total. The Hall–Kier alpha value is -4.88. The van der Waals surface area contributed by atoms with Gasteiger partial charge in [0.2, 0.25) is 0 Å². The third-order valence-electron chi connectivity index (χ3n) is 7.61. The maximum absolute atomic E-state index is 13.3. The number of benzene rings is 3.